The SMILES string of the molecule is CCCCN1C(=O)[C@H](CC(=O)N2CCC(N3CCc4ccccc4NC3=O)CC2)SC1c1cccc(F)c1N1CCN(C(C)(C)C)CC1.[HH].[HH].[HH]. The maximum atomic E-state index is 15.7. The molecule has 0 spiro atoms. The molecule has 4 aliphatic rings. The molecule has 2 aromatic rings. The fraction of sp³-hybridized carbons (Fsp3) is 0.595. The Morgan fingerprint density at radius 2 is 1.71 bits per heavy atom. The second-order valence-corrected chi connectivity index (χ2v) is 15.8. The number of benzene rings is 2. The monoisotopic (exact) mass is 684 g/mol. The van der Waals surface area contributed by atoms with E-state index in [1.165, 1.54) is 17.8 Å². The maximum Gasteiger partial charge on any atom is 0.322 e. The molecule has 266 valence electrons. The van der Waals surface area contributed by atoms with E-state index in [0.717, 1.165) is 62.3 Å². The predicted octanol–water partition coefficient (Wildman–Crippen LogP) is 6.70. The first-order chi connectivity index (χ1) is 23.0. The molecular formula is C37H57FN6O3S. The molecule has 11 heteroatoms. The van der Waals surface area contributed by atoms with E-state index in [4.69, 9.17) is 0 Å². The molecule has 4 heterocycles. The minimum absolute atomic E-state index is 0. The van der Waals surface area contributed by atoms with Crippen LogP contribution < -0.4 is 10.2 Å². The van der Waals surface area contributed by atoms with Gasteiger partial charge < -0.3 is 24.9 Å². The van der Waals surface area contributed by atoms with Crippen LogP contribution in [-0.4, -0.2) is 107 Å². The van der Waals surface area contributed by atoms with E-state index in [2.05, 4.69) is 48.9 Å². The van der Waals surface area contributed by atoms with Gasteiger partial charge in [0.2, 0.25) is 11.8 Å². The number of para-hydroxylation sites is 2. The number of unbranched alkanes of at least 4 members (excludes halogenated alkanes) is 1. The molecule has 4 amide bonds. The molecule has 48 heavy (non-hydrogen) atoms. The van der Waals surface area contributed by atoms with Crippen molar-refractivity contribution < 1.29 is 23.1 Å². The summed E-state index contributed by atoms with van der Waals surface area (Å²) >= 11 is 1.50. The van der Waals surface area contributed by atoms with Gasteiger partial charge in [0.05, 0.1) is 10.9 Å². The van der Waals surface area contributed by atoms with E-state index in [0.29, 0.717) is 44.7 Å². The summed E-state index contributed by atoms with van der Waals surface area (Å²) < 4.78 is 15.7. The first-order valence-corrected chi connectivity index (χ1v) is 18.7. The number of halogens is 1. The van der Waals surface area contributed by atoms with Crippen LogP contribution in [0.3, 0.4) is 0 Å². The number of hydrogen-bond donors (Lipinski definition) is 1. The van der Waals surface area contributed by atoms with Crippen molar-refractivity contribution in [2.24, 2.45) is 0 Å². The van der Waals surface area contributed by atoms with Crippen molar-refractivity contribution in [2.75, 3.05) is 62.6 Å². The van der Waals surface area contributed by atoms with Gasteiger partial charge in [0.15, 0.2) is 0 Å². The predicted molar refractivity (Wildman–Crippen MR) is 197 cm³/mol. The van der Waals surface area contributed by atoms with Crippen LogP contribution >= 0.6 is 11.8 Å². The van der Waals surface area contributed by atoms with Crippen molar-refractivity contribution in [3.63, 3.8) is 0 Å². The highest BCUT2D eigenvalue weighted by atomic mass is 32.2. The van der Waals surface area contributed by atoms with Gasteiger partial charge >= 0.3 is 6.03 Å². The lowest BCUT2D eigenvalue weighted by Crippen LogP contribution is -2.53. The van der Waals surface area contributed by atoms with Gasteiger partial charge in [-0.3, -0.25) is 14.5 Å². The fourth-order valence-corrected chi connectivity index (χ4v) is 9.13. The summed E-state index contributed by atoms with van der Waals surface area (Å²) in [6, 6.07) is 13.1. The zero-order chi connectivity index (χ0) is 34.0. The van der Waals surface area contributed by atoms with Crippen LogP contribution in [0, 0.1) is 5.82 Å². The second kappa shape index (κ2) is 14.7. The number of piperazine rings is 1. The minimum atomic E-state index is -0.513. The highest BCUT2D eigenvalue weighted by Crippen LogP contribution is 2.48. The van der Waals surface area contributed by atoms with E-state index < -0.39 is 5.25 Å². The summed E-state index contributed by atoms with van der Waals surface area (Å²) in [5, 5.41) is 2.21. The number of nitrogens with zero attached hydrogens (tertiary/aromatic N) is 5. The molecule has 2 atom stereocenters. The normalized spacial score (nSPS) is 22.9. The highest BCUT2D eigenvalue weighted by Gasteiger charge is 2.44. The molecule has 2 aromatic carbocycles. The van der Waals surface area contributed by atoms with Crippen molar-refractivity contribution in [2.45, 2.75) is 88.4 Å². The Morgan fingerprint density at radius 3 is 2.42 bits per heavy atom. The lowest BCUT2D eigenvalue weighted by molar-refractivity contribution is -0.136. The van der Waals surface area contributed by atoms with Gasteiger partial charge in [0, 0.05) is 85.9 Å². The number of anilines is 2. The van der Waals surface area contributed by atoms with Gasteiger partial charge in [-0.2, -0.15) is 0 Å². The zero-order valence-electron chi connectivity index (χ0n) is 28.9. The Hall–Kier alpha value is -3.31. The molecule has 4 aliphatic heterocycles. The number of carbonyl (C=O) groups excluding carboxylic acids is 3. The molecule has 0 saturated carbocycles. The third-order valence-electron chi connectivity index (χ3n) is 10.5. The fourth-order valence-electron chi connectivity index (χ4n) is 7.64. The number of rotatable bonds is 8. The van der Waals surface area contributed by atoms with Crippen LogP contribution in [-0.2, 0) is 16.0 Å². The number of fused-ring (bicyclic) bond motifs is 1. The van der Waals surface area contributed by atoms with E-state index in [9.17, 15) is 14.4 Å². The van der Waals surface area contributed by atoms with Gasteiger partial charge in [-0.25, -0.2) is 9.18 Å². The molecule has 0 aliphatic carbocycles. The Bertz CT molecular complexity index is 1500. The Labute approximate surface area is 293 Å². The van der Waals surface area contributed by atoms with Gasteiger partial charge in [-0.15, -0.1) is 11.8 Å². The molecule has 0 bridgehead atoms. The summed E-state index contributed by atoms with van der Waals surface area (Å²) in [6.07, 6.45) is 4.13. The molecule has 3 fully saturated rings. The van der Waals surface area contributed by atoms with Crippen molar-refractivity contribution in [1.82, 2.24) is 19.6 Å². The first kappa shape index (κ1) is 34.5. The molecular weight excluding hydrogens is 628 g/mol. The number of hydrogen-bond acceptors (Lipinski definition) is 6. The number of nitrogens with one attached hydrogen (secondary N) is 1. The summed E-state index contributed by atoms with van der Waals surface area (Å²) in [7, 11) is 0. The van der Waals surface area contributed by atoms with E-state index in [1.807, 2.05) is 39.0 Å². The topological polar surface area (TPSA) is 79.4 Å². The van der Waals surface area contributed by atoms with Crippen molar-refractivity contribution in [1.29, 1.82) is 0 Å². The smallest absolute Gasteiger partial charge is 0.322 e. The van der Waals surface area contributed by atoms with Crippen LogP contribution in [0.25, 0.3) is 0 Å². The average molecular weight is 685 g/mol. The molecule has 3 saturated heterocycles. The van der Waals surface area contributed by atoms with Crippen LogP contribution in [0.5, 0.6) is 0 Å². The van der Waals surface area contributed by atoms with Gasteiger partial charge in [-0.05, 0) is 64.2 Å². The van der Waals surface area contributed by atoms with Crippen molar-refractivity contribution in [3.05, 3.63) is 59.4 Å². The molecule has 1 unspecified atom stereocenters. The molecule has 1 N–H and O–H groups in total. The summed E-state index contributed by atoms with van der Waals surface area (Å²) in [4.78, 5) is 50.9. The Morgan fingerprint density at radius 1 is 0.979 bits per heavy atom. The number of piperidine rings is 1. The zero-order valence-corrected chi connectivity index (χ0v) is 29.7. The number of amides is 4. The third kappa shape index (κ3) is 7.32. The van der Waals surface area contributed by atoms with Crippen LogP contribution in [0.4, 0.5) is 20.6 Å². The lowest BCUT2D eigenvalue weighted by atomic mass is 10.0. The van der Waals surface area contributed by atoms with Gasteiger partial charge in [-0.1, -0.05) is 43.7 Å². The highest BCUT2D eigenvalue weighted by molar-refractivity contribution is 8.01. The third-order valence-corrected chi connectivity index (χ3v) is 11.9. The Balaban J connectivity index is 0.00000234. The largest absolute Gasteiger partial charge is 0.366 e. The number of likely N-dealkylation sites (tertiary alicyclic amines) is 1. The lowest BCUT2D eigenvalue weighted by Gasteiger charge is -2.43. The van der Waals surface area contributed by atoms with Gasteiger partial charge in [0.25, 0.3) is 0 Å². The summed E-state index contributed by atoms with van der Waals surface area (Å²) in [5.74, 6) is -0.319. The first-order valence-electron chi connectivity index (χ1n) is 17.7. The molecule has 0 radical (unpaired) electrons. The second-order valence-electron chi connectivity index (χ2n) is 14.5. The van der Waals surface area contributed by atoms with Crippen molar-refractivity contribution in [3.8, 4) is 0 Å². The van der Waals surface area contributed by atoms with Gasteiger partial charge in [0.1, 0.15) is 11.2 Å². The van der Waals surface area contributed by atoms with Crippen LogP contribution in [0.2, 0.25) is 0 Å². The standard InChI is InChI=1S/C37H51FN6O3S.3H2/c1-5-6-17-44-34(46)31(48-35(44)28-11-9-12-29(38)33(28)41-21-23-42(24-22-41)37(2,3)4)25-32(45)40-18-15-27(16-19-40)43-20-14-26-10-7-8-13-30(26)39-36(43)47;;;/h7-13,27,31,35H,5-6,14-25H2,1-4H3,(H,39,47);3*1H/t31-,35?;;;/m0.../s1. The average Bonchev–Trinajstić information content (AvgIpc) is 3.26. The molecule has 9 nitrogen and oxygen atoms in total. The van der Waals surface area contributed by atoms with Crippen molar-refractivity contribution >= 4 is 41.0 Å². The quantitative estimate of drug-likeness (QED) is 0.334. The minimum Gasteiger partial charge on any atom is -0.366 e. The number of carbonyl (C=O) groups is 3. The summed E-state index contributed by atoms with van der Waals surface area (Å²) in [6.45, 7) is 14.2. The molecule has 0 aromatic heterocycles. The van der Waals surface area contributed by atoms with E-state index in [-0.39, 0.29) is 51.3 Å². The summed E-state index contributed by atoms with van der Waals surface area (Å²) in [5.41, 5.74) is 3.48. The Kier molecular flexibility index (Phi) is 10.6. The van der Waals surface area contributed by atoms with E-state index >= 15 is 4.39 Å². The van der Waals surface area contributed by atoms with E-state index in [1.54, 1.807) is 6.07 Å². The number of thioether (sulfide) groups is 1. The maximum absolute atomic E-state index is 15.7. The van der Waals surface area contributed by atoms with Crippen LogP contribution in [0.1, 0.15) is 80.6 Å². The van der Waals surface area contributed by atoms with Crippen LogP contribution in [0.15, 0.2) is 42.5 Å². The number of urea groups is 1. The molecule has 6 rings (SSSR count).